The van der Waals surface area contributed by atoms with Gasteiger partial charge in [-0.15, -0.1) is 0 Å². The fourth-order valence-corrected chi connectivity index (χ4v) is 3.39. The fraction of sp³-hybridized carbons (Fsp3) is 0.263. The van der Waals surface area contributed by atoms with Crippen molar-refractivity contribution in [3.63, 3.8) is 0 Å². The van der Waals surface area contributed by atoms with Gasteiger partial charge in [-0.25, -0.2) is 13.6 Å². The number of aromatic nitrogens is 2. The minimum Gasteiger partial charge on any atom is -0.368 e. The molecule has 1 aromatic heterocycles. The first kappa shape index (κ1) is 17.3. The van der Waals surface area contributed by atoms with Crippen LogP contribution in [-0.2, 0) is 11.3 Å². The Morgan fingerprint density at radius 1 is 0.963 bits per heavy atom. The number of nitrogens with one attached hydrogen (secondary N) is 1. The highest BCUT2D eigenvalue weighted by Crippen LogP contribution is 2.17. The molecule has 1 saturated heterocycles. The van der Waals surface area contributed by atoms with E-state index in [1.165, 1.54) is 34.9 Å². The lowest BCUT2D eigenvalue weighted by Gasteiger charge is -2.36. The predicted molar refractivity (Wildman–Crippen MR) is 97.7 cm³/mol. The summed E-state index contributed by atoms with van der Waals surface area (Å²) in [5.74, 6) is -0.892. The number of halogens is 2. The summed E-state index contributed by atoms with van der Waals surface area (Å²) in [6, 6.07) is 10.3. The van der Waals surface area contributed by atoms with Crippen LogP contribution in [0.4, 0.5) is 14.5 Å². The summed E-state index contributed by atoms with van der Waals surface area (Å²) < 4.78 is 27.7. The summed E-state index contributed by atoms with van der Waals surface area (Å²) in [7, 11) is 0. The number of amides is 1. The molecule has 140 valence electrons. The molecule has 0 unspecified atom stereocenters. The second-order valence-corrected chi connectivity index (χ2v) is 6.52. The van der Waals surface area contributed by atoms with Gasteiger partial charge in [-0.1, -0.05) is 0 Å². The van der Waals surface area contributed by atoms with E-state index < -0.39 is 11.5 Å². The topological polar surface area (TPSA) is 61.3 Å². The van der Waals surface area contributed by atoms with E-state index in [0.29, 0.717) is 37.2 Å². The molecule has 1 aliphatic heterocycles. The van der Waals surface area contributed by atoms with Gasteiger partial charge in [-0.3, -0.25) is 9.36 Å². The molecule has 1 fully saturated rings. The van der Waals surface area contributed by atoms with E-state index in [1.54, 1.807) is 17.0 Å². The van der Waals surface area contributed by atoms with Crippen LogP contribution in [0.2, 0.25) is 0 Å². The Morgan fingerprint density at radius 2 is 1.63 bits per heavy atom. The van der Waals surface area contributed by atoms with Gasteiger partial charge in [0.05, 0.1) is 11.0 Å². The van der Waals surface area contributed by atoms with Crippen LogP contribution in [0.3, 0.4) is 0 Å². The standard InChI is InChI=1S/C19H18F2N4O2/c20-13-1-4-15(5-2-13)23-7-9-24(10-8-23)18(26)12-25-17-6-3-14(21)11-16(17)22-19(25)27/h1-6,11H,7-10,12H2,(H,22,27). The van der Waals surface area contributed by atoms with Crippen molar-refractivity contribution in [1.29, 1.82) is 0 Å². The van der Waals surface area contributed by atoms with Gasteiger partial charge in [0.1, 0.15) is 18.2 Å². The summed E-state index contributed by atoms with van der Waals surface area (Å²) in [6.07, 6.45) is 0. The summed E-state index contributed by atoms with van der Waals surface area (Å²) >= 11 is 0. The molecule has 8 heteroatoms. The molecule has 0 spiro atoms. The van der Waals surface area contributed by atoms with E-state index in [2.05, 4.69) is 9.88 Å². The van der Waals surface area contributed by atoms with Crippen molar-refractivity contribution in [2.24, 2.45) is 0 Å². The van der Waals surface area contributed by atoms with E-state index in [-0.39, 0.29) is 18.3 Å². The predicted octanol–water partition coefficient (Wildman–Crippen LogP) is 1.96. The maximum absolute atomic E-state index is 13.3. The Kier molecular flexibility index (Phi) is 4.39. The van der Waals surface area contributed by atoms with Crippen molar-refractivity contribution < 1.29 is 13.6 Å². The van der Waals surface area contributed by atoms with Crippen molar-refractivity contribution in [3.05, 3.63) is 64.6 Å². The highest BCUT2D eigenvalue weighted by Gasteiger charge is 2.22. The van der Waals surface area contributed by atoms with E-state index in [9.17, 15) is 18.4 Å². The van der Waals surface area contributed by atoms with Crippen molar-refractivity contribution in [1.82, 2.24) is 14.5 Å². The number of carbonyl (C=O) groups excluding carboxylic acids is 1. The lowest BCUT2D eigenvalue weighted by Crippen LogP contribution is -2.50. The highest BCUT2D eigenvalue weighted by atomic mass is 19.1. The van der Waals surface area contributed by atoms with Gasteiger partial charge in [0.15, 0.2) is 0 Å². The normalized spacial score (nSPS) is 14.7. The molecule has 1 N–H and O–H groups in total. The number of fused-ring (bicyclic) bond motifs is 1. The fourth-order valence-electron chi connectivity index (χ4n) is 3.39. The third kappa shape index (κ3) is 3.42. The van der Waals surface area contributed by atoms with Gasteiger partial charge in [-0.2, -0.15) is 0 Å². The lowest BCUT2D eigenvalue weighted by atomic mass is 10.2. The van der Waals surface area contributed by atoms with Gasteiger partial charge in [0.2, 0.25) is 5.91 Å². The van der Waals surface area contributed by atoms with Gasteiger partial charge < -0.3 is 14.8 Å². The number of carbonyl (C=O) groups is 1. The maximum Gasteiger partial charge on any atom is 0.326 e. The summed E-state index contributed by atoms with van der Waals surface area (Å²) in [5.41, 5.74) is 1.35. The molecular weight excluding hydrogens is 354 g/mol. The summed E-state index contributed by atoms with van der Waals surface area (Å²) in [4.78, 5) is 31.1. The first-order valence-electron chi connectivity index (χ1n) is 8.67. The van der Waals surface area contributed by atoms with Gasteiger partial charge in [-0.05, 0) is 42.5 Å². The molecule has 27 heavy (non-hydrogen) atoms. The minimum absolute atomic E-state index is 0.0962. The third-order valence-corrected chi connectivity index (χ3v) is 4.85. The molecule has 1 aliphatic rings. The van der Waals surface area contributed by atoms with Crippen LogP contribution >= 0.6 is 0 Å². The summed E-state index contributed by atoms with van der Waals surface area (Å²) in [6.45, 7) is 2.20. The number of anilines is 1. The van der Waals surface area contributed by atoms with E-state index in [0.717, 1.165) is 5.69 Å². The molecular formula is C19H18F2N4O2. The van der Waals surface area contributed by atoms with E-state index in [4.69, 9.17) is 0 Å². The zero-order valence-corrected chi connectivity index (χ0v) is 14.5. The Hall–Kier alpha value is -3.16. The molecule has 1 amide bonds. The maximum atomic E-state index is 13.3. The average molecular weight is 372 g/mol. The number of imidazole rings is 1. The third-order valence-electron chi connectivity index (χ3n) is 4.85. The number of hydrogen-bond acceptors (Lipinski definition) is 3. The van der Waals surface area contributed by atoms with Crippen LogP contribution in [0, 0.1) is 11.6 Å². The Bertz CT molecular complexity index is 1030. The van der Waals surface area contributed by atoms with Gasteiger partial charge in [0, 0.05) is 31.9 Å². The number of hydrogen-bond donors (Lipinski definition) is 1. The molecule has 4 rings (SSSR count). The van der Waals surface area contributed by atoms with Crippen LogP contribution < -0.4 is 10.6 Å². The molecule has 6 nitrogen and oxygen atoms in total. The van der Waals surface area contributed by atoms with Gasteiger partial charge >= 0.3 is 5.69 Å². The van der Waals surface area contributed by atoms with Crippen molar-refractivity contribution in [2.45, 2.75) is 6.54 Å². The Balaban J connectivity index is 1.44. The molecule has 0 saturated carbocycles. The minimum atomic E-state index is -0.445. The molecule has 3 aromatic rings. The number of H-pyrrole nitrogens is 1. The zero-order valence-electron chi connectivity index (χ0n) is 14.5. The molecule has 0 bridgehead atoms. The molecule has 2 aromatic carbocycles. The van der Waals surface area contributed by atoms with Crippen LogP contribution in [0.25, 0.3) is 11.0 Å². The van der Waals surface area contributed by atoms with Crippen molar-refractivity contribution in [3.8, 4) is 0 Å². The van der Waals surface area contributed by atoms with E-state index in [1.807, 2.05) is 0 Å². The average Bonchev–Trinajstić information content (AvgIpc) is 2.97. The Morgan fingerprint density at radius 3 is 2.33 bits per heavy atom. The number of aromatic amines is 1. The second-order valence-electron chi connectivity index (χ2n) is 6.52. The highest BCUT2D eigenvalue weighted by molar-refractivity contribution is 5.80. The Labute approximate surface area is 153 Å². The van der Waals surface area contributed by atoms with Crippen LogP contribution in [0.1, 0.15) is 0 Å². The monoisotopic (exact) mass is 372 g/mol. The second kappa shape index (κ2) is 6.86. The number of benzene rings is 2. The quantitative estimate of drug-likeness (QED) is 0.765. The van der Waals surface area contributed by atoms with Gasteiger partial charge in [0.25, 0.3) is 0 Å². The van der Waals surface area contributed by atoms with Crippen LogP contribution in [0.15, 0.2) is 47.3 Å². The van der Waals surface area contributed by atoms with Crippen molar-refractivity contribution >= 4 is 22.6 Å². The van der Waals surface area contributed by atoms with Crippen LogP contribution in [0.5, 0.6) is 0 Å². The molecule has 0 aliphatic carbocycles. The lowest BCUT2D eigenvalue weighted by molar-refractivity contribution is -0.132. The smallest absolute Gasteiger partial charge is 0.326 e. The molecule has 0 radical (unpaired) electrons. The molecule has 2 heterocycles. The zero-order chi connectivity index (χ0) is 19.0. The molecule has 0 atom stereocenters. The SMILES string of the molecule is O=C(Cn1c(=O)[nH]c2cc(F)ccc21)N1CCN(c2ccc(F)cc2)CC1. The van der Waals surface area contributed by atoms with Crippen molar-refractivity contribution in [2.75, 3.05) is 31.1 Å². The number of rotatable bonds is 3. The number of nitrogens with zero attached hydrogens (tertiary/aromatic N) is 3. The summed E-state index contributed by atoms with van der Waals surface area (Å²) in [5, 5.41) is 0. The number of piperazine rings is 1. The first-order chi connectivity index (χ1) is 13.0. The first-order valence-corrected chi connectivity index (χ1v) is 8.67. The van der Waals surface area contributed by atoms with E-state index >= 15 is 0 Å². The van der Waals surface area contributed by atoms with Crippen LogP contribution in [-0.4, -0.2) is 46.5 Å². The largest absolute Gasteiger partial charge is 0.368 e.